The van der Waals surface area contributed by atoms with Gasteiger partial charge in [-0.05, 0) is 0 Å². The topological polar surface area (TPSA) is 85.8 Å². The molecule has 0 atom stereocenters. The predicted molar refractivity (Wildman–Crippen MR) is 30.0 cm³/mol. The average Bonchev–Trinajstić information content (AvgIpc) is 1.73. The van der Waals surface area contributed by atoms with Crippen molar-refractivity contribution in [1.82, 2.24) is 0 Å². The van der Waals surface area contributed by atoms with Gasteiger partial charge in [-0.15, -0.1) is 0 Å². The summed E-state index contributed by atoms with van der Waals surface area (Å²) in [6, 6.07) is 0. The number of hydrogen-bond donors (Lipinski definition) is 3. The molecule has 42 valence electrons. The zero-order valence-corrected chi connectivity index (χ0v) is 3.50. The van der Waals surface area contributed by atoms with Gasteiger partial charge in [-0.2, -0.15) is 0 Å². The van der Waals surface area contributed by atoms with Gasteiger partial charge in [-0.25, -0.2) is 0 Å². The Kier molecular flexibility index (Phi) is 7.51. The molecule has 1 heterocycles. The molecular weight excluding hydrogens is 282 g/mol. The van der Waals surface area contributed by atoms with E-state index in [0.29, 0.717) is 0 Å². The third kappa shape index (κ3) is 6.54. The summed E-state index contributed by atoms with van der Waals surface area (Å²) in [5, 5.41) is 0. The summed E-state index contributed by atoms with van der Waals surface area (Å²) in [7, 11) is -4.80. The van der Waals surface area contributed by atoms with E-state index < -0.39 is 7.74 Å². The molecular formula is H5O5PRb2. The summed E-state index contributed by atoms with van der Waals surface area (Å²) in [5.74, 6) is 0. The van der Waals surface area contributed by atoms with E-state index in [2.05, 4.69) is 9.35 Å². The summed E-state index contributed by atoms with van der Waals surface area (Å²) < 4.78 is 6.76. The van der Waals surface area contributed by atoms with Crippen molar-refractivity contribution in [3.05, 3.63) is 0 Å². The van der Waals surface area contributed by atoms with Gasteiger partial charge >= 0.3 is 148 Å². The molecule has 8 heteroatoms. The summed E-state index contributed by atoms with van der Waals surface area (Å²) in [6.07, 6.45) is 0. The van der Waals surface area contributed by atoms with Crippen LogP contribution in [0.4, 0.5) is 0 Å². The predicted octanol–water partition coefficient (Wildman–Crippen LogP) is -2.24. The van der Waals surface area contributed by atoms with Gasteiger partial charge in [0.1, 0.15) is 0 Å². The molecule has 0 saturated carbocycles. The van der Waals surface area contributed by atoms with Crippen molar-refractivity contribution in [3.63, 3.8) is 0 Å². The Morgan fingerprint density at radius 2 is 1.00 bits per heavy atom. The van der Waals surface area contributed by atoms with Crippen LogP contribution in [0.2, 0.25) is 0 Å². The van der Waals surface area contributed by atoms with E-state index in [-0.39, 0.29) is 116 Å². The third-order valence-corrected chi connectivity index (χ3v) is 0.824. The number of hydrogen-bond acceptors (Lipinski definition) is 5. The van der Waals surface area contributed by atoms with Crippen molar-refractivity contribution in [1.29, 1.82) is 0 Å². The van der Waals surface area contributed by atoms with Crippen LogP contribution in [0.5, 0.6) is 0 Å². The molecule has 0 aromatic rings. The molecule has 0 bridgehead atoms. The van der Waals surface area contributed by atoms with Crippen LogP contribution in [0.25, 0.3) is 0 Å². The van der Waals surface area contributed by atoms with Gasteiger partial charge in [0, 0.05) is 0 Å². The second kappa shape index (κ2) is 4.18. The third-order valence-electron chi connectivity index (χ3n) is 0.275. The first kappa shape index (κ1) is 14.4. The zero-order chi connectivity index (χ0) is 4.86. The molecule has 1 fully saturated rings. The number of rotatable bonds is 0. The molecule has 5 nitrogen and oxygen atoms in total. The van der Waals surface area contributed by atoms with Gasteiger partial charge in [-0.3, -0.25) is 0 Å². The molecule has 1 aliphatic heterocycles. The van der Waals surface area contributed by atoms with Gasteiger partial charge in [0.2, 0.25) is 0 Å². The van der Waals surface area contributed by atoms with Crippen LogP contribution in [0.3, 0.4) is 0 Å². The average molecular weight is 287 g/mol. The van der Waals surface area contributed by atoms with E-state index in [4.69, 9.17) is 14.7 Å². The monoisotopic (exact) mass is 286 g/mol. The fourth-order valence-corrected chi connectivity index (χ4v) is 0.402. The van der Waals surface area contributed by atoms with Crippen LogP contribution >= 0.6 is 7.74 Å². The molecule has 0 radical (unpaired) electrons. The molecule has 0 spiro atoms. The van der Waals surface area contributed by atoms with Crippen molar-refractivity contribution < 1.29 is 24.0 Å². The molecule has 0 unspecified atom stereocenters. The van der Waals surface area contributed by atoms with E-state index in [0.717, 1.165) is 0 Å². The molecule has 3 N–H and O–H groups in total. The van der Waals surface area contributed by atoms with Crippen molar-refractivity contribution in [2.75, 3.05) is 0 Å². The van der Waals surface area contributed by atoms with Crippen molar-refractivity contribution >= 4 is 124 Å². The quantitative estimate of drug-likeness (QED) is 0.266. The Morgan fingerprint density at radius 1 is 0.875 bits per heavy atom. The molecule has 1 saturated heterocycles. The van der Waals surface area contributed by atoms with Crippen LogP contribution in [-0.4, -0.2) is 131 Å². The Hall–Kier alpha value is 3.84. The van der Waals surface area contributed by atoms with Crippen molar-refractivity contribution in [2.45, 2.75) is 0 Å². The standard InChI is InChI=1S/H3O5P.2Rb.2H/c1-6(2,3)4-5-6;;;;/h1-3H;;;;. The van der Waals surface area contributed by atoms with Crippen molar-refractivity contribution in [3.8, 4) is 0 Å². The maximum atomic E-state index is 7.89. The van der Waals surface area contributed by atoms with Gasteiger partial charge in [0.25, 0.3) is 0 Å². The second-order valence-corrected chi connectivity index (χ2v) is 2.95. The van der Waals surface area contributed by atoms with Crippen LogP contribution in [0, 0.1) is 0 Å². The van der Waals surface area contributed by atoms with E-state index in [9.17, 15) is 0 Å². The Balaban J connectivity index is 0. The van der Waals surface area contributed by atoms with Crippen LogP contribution in [-0.2, 0) is 9.35 Å². The van der Waals surface area contributed by atoms with E-state index in [1.807, 2.05) is 0 Å². The van der Waals surface area contributed by atoms with Crippen molar-refractivity contribution in [2.24, 2.45) is 0 Å². The van der Waals surface area contributed by atoms with Gasteiger partial charge in [-0.1, -0.05) is 0 Å². The summed E-state index contributed by atoms with van der Waals surface area (Å²) in [5.41, 5.74) is 0. The van der Waals surface area contributed by atoms with E-state index >= 15 is 0 Å². The first-order chi connectivity index (χ1) is 2.47. The fraction of sp³-hybridized carbons (Fsp3) is 0. The van der Waals surface area contributed by atoms with Gasteiger partial charge in [0.05, 0.1) is 0 Å². The molecule has 0 aromatic heterocycles. The van der Waals surface area contributed by atoms with Crippen LogP contribution in [0.15, 0.2) is 0 Å². The minimum absolute atomic E-state index is 0. The van der Waals surface area contributed by atoms with E-state index in [1.165, 1.54) is 0 Å². The first-order valence-electron chi connectivity index (χ1n) is 1.13. The molecule has 8 heavy (non-hydrogen) atoms. The van der Waals surface area contributed by atoms with E-state index in [1.54, 1.807) is 0 Å². The Bertz CT molecular complexity index is 74.2. The molecule has 0 amide bonds. The first-order valence-corrected chi connectivity index (χ1v) is 3.06. The molecule has 1 rings (SSSR count). The minimum atomic E-state index is -4.80. The Labute approximate surface area is 144 Å². The maximum absolute atomic E-state index is 7.89. The summed E-state index contributed by atoms with van der Waals surface area (Å²) >= 11 is 0. The fourth-order valence-electron chi connectivity index (χ4n) is 0.0447. The van der Waals surface area contributed by atoms with Gasteiger partial charge in [0.15, 0.2) is 0 Å². The van der Waals surface area contributed by atoms with Crippen LogP contribution in [0.1, 0.15) is 0 Å². The Morgan fingerprint density at radius 3 is 1.00 bits per heavy atom. The molecule has 0 aliphatic carbocycles. The summed E-state index contributed by atoms with van der Waals surface area (Å²) in [4.78, 5) is 23.7. The second-order valence-electron chi connectivity index (χ2n) is 0.982. The summed E-state index contributed by atoms with van der Waals surface area (Å²) in [6.45, 7) is 0. The van der Waals surface area contributed by atoms with Gasteiger partial charge < -0.3 is 0 Å². The normalized spacial score (nSPS) is 32.1. The zero-order valence-electron chi connectivity index (χ0n) is 2.61. The molecule has 0 aromatic carbocycles. The van der Waals surface area contributed by atoms with Crippen LogP contribution < -0.4 is 0 Å². The SMILES string of the molecule is OP1(O)(O)OO1.[RbH].[RbH]. The molecule has 1 aliphatic rings.